The summed E-state index contributed by atoms with van der Waals surface area (Å²) in [7, 11) is 0. The summed E-state index contributed by atoms with van der Waals surface area (Å²) in [5, 5.41) is 11.4. The summed E-state index contributed by atoms with van der Waals surface area (Å²) < 4.78 is 0. The third kappa shape index (κ3) is 3.30. The van der Waals surface area contributed by atoms with Gasteiger partial charge < -0.3 is 5.11 Å². The van der Waals surface area contributed by atoms with Crippen molar-refractivity contribution >= 4 is 17.3 Å². The first-order valence-corrected chi connectivity index (χ1v) is 6.77. The van der Waals surface area contributed by atoms with Crippen molar-refractivity contribution in [2.75, 3.05) is 0 Å². The Kier molecular flexibility index (Phi) is 3.93. The van der Waals surface area contributed by atoms with Crippen molar-refractivity contribution in [1.82, 2.24) is 4.98 Å². The molecule has 1 aliphatic rings. The molecule has 1 aliphatic carbocycles. The van der Waals surface area contributed by atoms with Crippen molar-refractivity contribution < 1.29 is 9.90 Å². The van der Waals surface area contributed by atoms with Gasteiger partial charge in [-0.3, -0.25) is 4.79 Å². The van der Waals surface area contributed by atoms with Gasteiger partial charge in [-0.25, -0.2) is 4.98 Å². The monoisotopic (exact) mass is 239 g/mol. The predicted octanol–water partition coefficient (Wildman–Crippen LogP) is 2.89. The summed E-state index contributed by atoms with van der Waals surface area (Å²) >= 11 is 1.47. The smallest absolute Gasteiger partial charge is 0.310 e. The van der Waals surface area contributed by atoms with Gasteiger partial charge in [0.15, 0.2) is 0 Å². The molecule has 0 bridgehead atoms. The van der Waals surface area contributed by atoms with Gasteiger partial charge in [-0.1, -0.05) is 32.1 Å². The number of carbonyl (C=O) groups is 1. The highest BCUT2D eigenvalue weighted by Gasteiger charge is 2.15. The first kappa shape index (κ1) is 11.6. The van der Waals surface area contributed by atoms with Gasteiger partial charge in [0.25, 0.3) is 0 Å². The van der Waals surface area contributed by atoms with Crippen molar-refractivity contribution in [3.05, 3.63) is 16.1 Å². The molecule has 0 radical (unpaired) electrons. The molecule has 0 aliphatic heterocycles. The molecular weight excluding hydrogens is 222 g/mol. The molecule has 1 saturated carbocycles. The Bertz CT molecular complexity index is 356. The van der Waals surface area contributed by atoms with Crippen LogP contribution in [0.15, 0.2) is 5.38 Å². The van der Waals surface area contributed by atoms with Gasteiger partial charge in [0, 0.05) is 5.38 Å². The number of aliphatic carboxylic acids is 1. The molecule has 1 aromatic rings. The van der Waals surface area contributed by atoms with Crippen LogP contribution < -0.4 is 0 Å². The van der Waals surface area contributed by atoms with Crippen molar-refractivity contribution in [2.24, 2.45) is 5.92 Å². The largest absolute Gasteiger partial charge is 0.481 e. The summed E-state index contributed by atoms with van der Waals surface area (Å²) in [6, 6.07) is 0. The molecule has 2 rings (SSSR count). The Hall–Kier alpha value is -0.900. The second kappa shape index (κ2) is 5.43. The van der Waals surface area contributed by atoms with Crippen LogP contribution in [0.5, 0.6) is 0 Å². The van der Waals surface area contributed by atoms with Crippen LogP contribution >= 0.6 is 11.3 Å². The summed E-state index contributed by atoms with van der Waals surface area (Å²) in [5.41, 5.74) is 1.09. The quantitative estimate of drug-likeness (QED) is 0.879. The van der Waals surface area contributed by atoms with E-state index in [4.69, 9.17) is 5.11 Å². The Morgan fingerprint density at radius 2 is 2.19 bits per heavy atom. The highest BCUT2D eigenvalue weighted by Crippen LogP contribution is 2.27. The van der Waals surface area contributed by atoms with E-state index in [-0.39, 0.29) is 6.42 Å². The third-order valence-electron chi connectivity index (χ3n) is 3.12. The van der Waals surface area contributed by atoms with Crippen molar-refractivity contribution in [3.8, 4) is 0 Å². The fourth-order valence-electron chi connectivity index (χ4n) is 2.34. The van der Waals surface area contributed by atoms with Crippen LogP contribution in [0.4, 0.5) is 0 Å². The van der Waals surface area contributed by atoms with Crippen LogP contribution in [-0.2, 0) is 17.6 Å². The number of carboxylic acid groups (broad SMARTS) is 1. The lowest BCUT2D eigenvalue weighted by molar-refractivity contribution is -0.136. The average Bonchev–Trinajstić information content (AvgIpc) is 2.66. The molecular formula is C12H17NO2S. The van der Waals surface area contributed by atoms with E-state index in [0.717, 1.165) is 23.0 Å². The molecule has 0 aromatic carbocycles. The second-order valence-electron chi connectivity index (χ2n) is 4.51. The minimum absolute atomic E-state index is 0.0648. The number of thiazole rings is 1. The van der Waals surface area contributed by atoms with Crippen LogP contribution in [0.1, 0.15) is 42.8 Å². The van der Waals surface area contributed by atoms with E-state index in [1.165, 1.54) is 43.4 Å². The molecule has 16 heavy (non-hydrogen) atoms. The zero-order valence-corrected chi connectivity index (χ0v) is 10.1. The lowest BCUT2D eigenvalue weighted by Crippen LogP contribution is -2.09. The van der Waals surface area contributed by atoms with Crippen LogP contribution in [0.2, 0.25) is 0 Å². The van der Waals surface area contributed by atoms with Crippen molar-refractivity contribution in [2.45, 2.75) is 44.9 Å². The van der Waals surface area contributed by atoms with Crippen LogP contribution in [-0.4, -0.2) is 16.1 Å². The molecule has 1 heterocycles. The molecule has 1 fully saturated rings. The highest BCUT2D eigenvalue weighted by atomic mass is 32.1. The lowest BCUT2D eigenvalue weighted by atomic mass is 9.86. The SMILES string of the molecule is O=C(O)Cc1nc(CC2CCCCC2)cs1. The van der Waals surface area contributed by atoms with E-state index in [1.807, 2.05) is 5.38 Å². The first-order chi connectivity index (χ1) is 7.74. The van der Waals surface area contributed by atoms with E-state index in [9.17, 15) is 4.79 Å². The molecule has 0 saturated heterocycles. The first-order valence-electron chi connectivity index (χ1n) is 5.89. The molecule has 4 heteroatoms. The lowest BCUT2D eigenvalue weighted by Gasteiger charge is -2.20. The number of hydrogen-bond donors (Lipinski definition) is 1. The number of hydrogen-bond acceptors (Lipinski definition) is 3. The topological polar surface area (TPSA) is 50.2 Å². The van der Waals surface area contributed by atoms with Gasteiger partial charge >= 0.3 is 5.97 Å². The van der Waals surface area contributed by atoms with E-state index in [0.29, 0.717) is 0 Å². The maximum Gasteiger partial charge on any atom is 0.310 e. The van der Waals surface area contributed by atoms with E-state index in [2.05, 4.69) is 4.98 Å². The summed E-state index contributed by atoms with van der Waals surface area (Å²) in [6.07, 6.45) is 7.79. The number of rotatable bonds is 4. The maximum absolute atomic E-state index is 10.5. The van der Waals surface area contributed by atoms with Gasteiger partial charge in [0.1, 0.15) is 5.01 Å². The summed E-state index contributed by atoms with van der Waals surface area (Å²) in [4.78, 5) is 14.9. The zero-order valence-electron chi connectivity index (χ0n) is 9.32. The normalized spacial score (nSPS) is 17.5. The molecule has 3 nitrogen and oxygen atoms in total. The van der Waals surface area contributed by atoms with E-state index in [1.54, 1.807) is 0 Å². The molecule has 1 aromatic heterocycles. The number of carboxylic acids is 1. The fourth-order valence-corrected chi connectivity index (χ4v) is 3.14. The van der Waals surface area contributed by atoms with Gasteiger partial charge in [0.2, 0.25) is 0 Å². The fraction of sp³-hybridized carbons (Fsp3) is 0.667. The van der Waals surface area contributed by atoms with Crippen LogP contribution in [0.3, 0.4) is 0 Å². The Morgan fingerprint density at radius 3 is 2.88 bits per heavy atom. The molecule has 0 atom stereocenters. The van der Waals surface area contributed by atoms with Crippen molar-refractivity contribution in [3.63, 3.8) is 0 Å². The molecule has 0 amide bonds. The summed E-state index contributed by atoms with van der Waals surface area (Å²) in [6.45, 7) is 0. The standard InChI is InChI=1S/C12H17NO2S/c14-12(15)7-11-13-10(8-16-11)6-9-4-2-1-3-5-9/h8-9H,1-7H2,(H,14,15). The molecule has 88 valence electrons. The second-order valence-corrected chi connectivity index (χ2v) is 5.45. The zero-order chi connectivity index (χ0) is 11.4. The van der Waals surface area contributed by atoms with Crippen molar-refractivity contribution in [1.29, 1.82) is 0 Å². The maximum atomic E-state index is 10.5. The Balaban J connectivity index is 1.88. The number of aromatic nitrogens is 1. The predicted molar refractivity (Wildman–Crippen MR) is 63.7 cm³/mol. The molecule has 1 N–H and O–H groups in total. The minimum Gasteiger partial charge on any atom is -0.481 e. The molecule has 0 spiro atoms. The van der Waals surface area contributed by atoms with Gasteiger partial charge in [-0.2, -0.15) is 0 Å². The van der Waals surface area contributed by atoms with Crippen LogP contribution in [0, 0.1) is 5.92 Å². The van der Waals surface area contributed by atoms with Crippen LogP contribution in [0.25, 0.3) is 0 Å². The Morgan fingerprint density at radius 1 is 1.44 bits per heavy atom. The highest BCUT2D eigenvalue weighted by molar-refractivity contribution is 7.09. The van der Waals surface area contributed by atoms with Gasteiger partial charge in [0.05, 0.1) is 12.1 Å². The summed E-state index contributed by atoms with van der Waals surface area (Å²) in [5.74, 6) is -0.0212. The minimum atomic E-state index is -0.793. The van der Waals surface area contributed by atoms with Gasteiger partial charge in [-0.15, -0.1) is 11.3 Å². The van der Waals surface area contributed by atoms with E-state index >= 15 is 0 Å². The Labute approximate surface area is 99.5 Å². The number of nitrogens with zero attached hydrogens (tertiary/aromatic N) is 1. The third-order valence-corrected chi connectivity index (χ3v) is 4.02. The van der Waals surface area contributed by atoms with Gasteiger partial charge in [-0.05, 0) is 12.3 Å². The average molecular weight is 239 g/mol. The van der Waals surface area contributed by atoms with E-state index < -0.39 is 5.97 Å². The molecule has 0 unspecified atom stereocenters.